The largest absolute Gasteiger partial charge is 0.488 e. The summed E-state index contributed by atoms with van der Waals surface area (Å²) in [6.45, 7) is 0.675. The first-order valence-electron chi connectivity index (χ1n) is 7.21. The van der Waals surface area contributed by atoms with Gasteiger partial charge in [-0.2, -0.15) is 0 Å². The Morgan fingerprint density at radius 1 is 1.38 bits per heavy atom. The first-order valence-corrected chi connectivity index (χ1v) is 7.21. The molecular formula is C15H18N2O4. The van der Waals surface area contributed by atoms with Crippen molar-refractivity contribution in [1.29, 1.82) is 0 Å². The summed E-state index contributed by atoms with van der Waals surface area (Å²) in [4.78, 5) is 28.4. The zero-order valence-corrected chi connectivity index (χ0v) is 11.6. The van der Waals surface area contributed by atoms with Gasteiger partial charge < -0.3 is 14.7 Å². The third kappa shape index (κ3) is 2.99. The molecule has 2 bridgehead atoms. The van der Waals surface area contributed by atoms with E-state index in [2.05, 4.69) is 4.98 Å². The Hall–Kier alpha value is -2.11. The standard InChI is InChI=1S/C15H18N2O4/c18-14(3-4-15(19)20)17-9-10-6-11(17)7-13(10)21-12-2-1-5-16-8-12/h1-2,5,8,10-11,13H,3-4,6-7,9H2,(H,19,20)/t10-,11+,13-/m1/s1. The third-order valence-corrected chi connectivity index (χ3v) is 4.27. The minimum Gasteiger partial charge on any atom is -0.488 e. The number of likely N-dealkylation sites (tertiary alicyclic amines) is 1. The summed E-state index contributed by atoms with van der Waals surface area (Å²) < 4.78 is 5.94. The number of ether oxygens (including phenoxy) is 1. The molecule has 2 fully saturated rings. The minimum absolute atomic E-state index is 0.0512. The number of hydrogen-bond donors (Lipinski definition) is 1. The maximum Gasteiger partial charge on any atom is 0.303 e. The number of fused-ring (bicyclic) bond motifs is 2. The summed E-state index contributed by atoms with van der Waals surface area (Å²) in [5.74, 6) is 0.123. The molecule has 1 N–H and O–H groups in total. The van der Waals surface area contributed by atoms with Gasteiger partial charge in [0.05, 0.1) is 12.6 Å². The monoisotopic (exact) mass is 290 g/mol. The Morgan fingerprint density at radius 3 is 2.86 bits per heavy atom. The van der Waals surface area contributed by atoms with E-state index in [-0.39, 0.29) is 30.9 Å². The van der Waals surface area contributed by atoms with Gasteiger partial charge in [0.2, 0.25) is 5.91 Å². The lowest BCUT2D eigenvalue weighted by Gasteiger charge is -2.31. The van der Waals surface area contributed by atoms with E-state index < -0.39 is 5.97 Å². The van der Waals surface area contributed by atoms with Crippen molar-refractivity contribution in [3.05, 3.63) is 24.5 Å². The van der Waals surface area contributed by atoms with E-state index in [4.69, 9.17) is 9.84 Å². The number of aliphatic carboxylic acids is 1. The fourth-order valence-corrected chi connectivity index (χ4v) is 3.31. The molecule has 0 spiro atoms. The van der Waals surface area contributed by atoms with Crippen LogP contribution >= 0.6 is 0 Å². The number of carbonyl (C=O) groups excluding carboxylic acids is 1. The molecule has 1 aromatic heterocycles. The maximum atomic E-state index is 12.0. The Labute approximate surface area is 122 Å². The summed E-state index contributed by atoms with van der Waals surface area (Å²) >= 11 is 0. The summed E-state index contributed by atoms with van der Waals surface area (Å²) in [6, 6.07) is 3.91. The molecule has 1 aromatic rings. The zero-order valence-electron chi connectivity index (χ0n) is 11.6. The lowest BCUT2D eigenvalue weighted by atomic mass is 10.1. The molecule has 1 saturated heterocycles. The molecule has 1 saturated carbocycles. The molecule has 1 aliphatic carbocycles. The summed E-state index contributed by atoms with van der Waals surface area (Å²) in [7, 11) is 0. The van der Waals surface area contributed by atoms with Crippen molar-refractivity contribution < 1.29 is 19.4 Å². The van der Waals surface area contributed by atoms with Gasteiger partial charge >= 0.3 is 5.97 Å². The van der Waals surface area contributed by atoms with Gasteiger partial charge in [0.1, 0.15) is 11.9 Å². The van der Waals surface area contributed by atoms with Crippen LogP contribution in [-0.2, 0) is 9.59 Å². The molecule has 21 heavy (non-hydrogen) atoms. The lowest BCUT2D eigenvalue weighted by Crippen LogP contribution is -2.43. The number of pyridine rings is 1. The van der Waals surface area contributed by atoms with Crippen LogP contribution in [0.1, 0.15) is 25.7 Å². The van der Waals surface area contributed by atoms with Crippen molar-refractivity contribution in [1.82, 2.24) is 9.88 Å². The first-order chi connectivity index (χ1) is 10.1. The average molecular weight is 290 g/mol. The highest BCUT2D eigenvalue weighted by molar-refractivity contribution is 5.81. The van der Waals surface area contributed by atoms with Gasteiger partial charge in [-0.1, -0.05) is 0 Å². The molecule has 2 aliphatic rings. The number of rotatable bonds is 5. The highest BCUT2D eigenvalue weighted by Crippen LogP contribution is 2.40. The number of hydrogen-bond acceptors (Lipinski definition) is 4. The third-order valence-electron chi connectivity index (χ3n) is 4.27. The first kappa shape index (κ1) is 13.9. The predicted molar refractivity (Wildman–Crippen MR) is 73.7 cm³/mol. The summed E-state index contributed by atoms with van der Waals surface area (Å²) in [6.07, 6.45) is 5.29. The Balaban J connectivity index is 1.54. The highest BCUT2D eigenvalue weighted by atomic mass is 16.5. The van der Waals surface area contributed by atoms with E-state index in [1.807, 2.05) is 17.0 Å². The van der Waals surface area contributed by atoms with Crippen molar-refractivity contribution in [3.63, 3.8) is 0 Å². The maximum absolute atomic E-state index is 12.0. The molecule has 6 nitrogen and oxygen atoms in total. The van der Waals surface area contributed by atoms with Crippen LogP contribution in [0.15, 0.2) is 24.5 Å². The van der Waals surface area contributed by atoms with E-state index in [9.17, 15) is 9.59 Å². The van der Waals surface area contributed by atoms with Gasteiger partial charge in [0, 0.05) is 37.5 Å². The van der Waals surface area contributed by atoms with Crippen molar-refractivity contribution in [2.24, 2.45) is 5.92 Å². The van der Waals surface area contributed by atoms with E-state index in [0.717, 1.165) is 18.6 Å². The van der Waals surface area contributed by atoms with Crippen LogP contribution < -0.4 is 4.74 Å². The Bertz CT molecular complexity index is 534. The summed E-state index contributed by atoms with van der Waals surface area (Å²) in [5, 5.41) is 8.65. The molecule has 0 unspecified atom stereocenters. The quantitative estimate of drug-likeness (QED) is 0.884. The molecule has 3 rings (SSSR count). The van der Waals surface area contributed by atoms with E-state index in [1.54, 1.807) is 12.4 Å². The second-order valence-corrected chi connectivity index (χ2v) is 5.67. The SMILES string of the molecule is O=C(O)CCC(=O)N1C[C@H]2C[C@H]1C[C@H]2Oc1cccnc1. The molecule has 2 heterocycles. The number of aromatic nitrogens is 1. The Kier molecular flexibility index (Phi) is 3.77. The smallest absolute Gasteiger partial charge is 0.303 e. The van der Waals surface area contributed by atoms with Crippen LogP contribution in [0.3, 0.4) is 0 Å². The molecule has 1 aliphatic heterocycles. The number of carboxylic acids is 1. The van der Waals surface area contributed by atoms with E-state index in [1.165, 1.54) is 0 Å². The topological polar surface area (TPSA) is 79.7 Å². The van der Waals surface area contributed by atoms with Gasteiger partial charge in [-0.15, -0.1) is 0 Å². The molecule has 112 valence electrons. The van der Waals surface area contributed by atoms with Crippen LogP contribution in [-0.4, -0.2) is 45.6 Å². The van der Waals surface area contributed by atoms with Crippen LogP contribution in [0.25, 0.3) is 0 Å². The normalized spacial score (nSPS) is 26.9. The van der Waals surface area contributed by atoms with Crippen molar-refractivity contribution in [3.8, 4) is 5.75 Å². The second-order valence-electron chi connectivity index (χ2n) is 5.67. The van der Waals surface area contributed by atoms with Crippen LogP contribution in [0, 0.1) is 5.92 Å². The number of amides is 1. The van der Waals surface area contributed by atoms with Crippen molar-refractivity contribution in [2.75, 3.05) is 6.54 Å². The van der Waals surface area contributed by atoms with Gasteiger partial charge in [-0.05, 0) is 18.6 Å². The highest BCUT2D eigenvalue weighted by Gasteiger charge is 2.47. The molecule has 0 aromatic carbocycles. The van der Waals surface area contributed by atoms with Crippen molar-refractivity contribution in [2.45, 2.75) is 37.8 Å². The number of piperidine rings is 1. The van der Waals surface area contributed by atoms with Crippen LogP contribution in [0.5, 0.6) is 5.75 Å². The second kappa shape index (κ2) is 5.71. The predicted octanol–water partition coefficient (Wildman–Crippen LogP) is 1.31. The number of carbonyl (C=O) groups is 2. The molecule has 1 amide bonds. The van der Waals surface area contributed by atoms with Crippen molar-refractivity contribution >= 4 is 11.9 Å². The fourth-order valence-electron chi connectivity index (χ4n) is 3.31. The van der Waals surface area contributed by atoms with Gasteiger partial charge in [-0.25, -0.2) is 0 Å². The van der Waals surface area contributed by atoms with E-state index in [0.29, 0.717) is 12.5 Å². The number of carboxylic acid groups (broad SMARTS) is 1. The summed E-state index contributed by atoms with van der Waals surface area (Å²) in [5.41, 5.74) is 0. The van der Waals surface area contributed by atoms with Crippen LogP contribution in [0.4, 0.5) is 0 Å². The van der Waals surface area contributed by atoms with Crippen LogP contribution in [0.2, 0.25) is 0 Å². The Morgan fingerprint density at radius 2 is 2.24 bits per heavy atom. The molecule has 3 atom stereocenters. The zero-order chi connectivity index (χ0) is 14.8. The fraction of sp³-hybridized carbons (Fsp3) is 0.533. The van der Waals surface area contributed by atoms with E-state index >= 15 is 0 Å². The minimum atomic E-state index is -0.925. The molecule has 6 heteroatoms. The van der Waals surface area contributed by atoms with Gasteiger partial charge in [0.15, 0.2) is 0 Å². The molecular weight excluding hydrogens is 272 g/mol. The number of nitrogens with zero attached hydrogens (tertiary/aromatic N) is 2. The molecule has 0 radical (unpaired) electrons. The van der Waals surface area contributed by atoms with Gasteiger partial charge in [0.25, 0.3) is 0 Å². The lowest BCUT2D eigenvalue weighted by molar-refractivity contribution is -0.141. The average Bonchev–Trinajstić information content (AvgIpc) is 3.05. The van der Waals surface area contributed by atoms with Gasteiger partial charge in [-0.3, -0.25) is 14.6 Å².